The van der Waals surface area contributed by atoms with Gasteiger partial charge < -0.3 is 14.2 Å². The quantitative estimate of drug-likeness (QED) is 0.650. The summed E-state index contributed by atoms with van der Waals surface area (Å²) in [6, 6.07) is 8.43. The van der Waals surface area contributed by atoms with E-state index in [2.05, 4.69) is 28.8 Å². The van der Waals surface area contributed by atoms with Gasteiger partial charge in [-0.05, 0) is 62.6 Å². The first-order valence-electron chi connectivity index (χ1n) is 9.38. The van der Waals surface area contributed by atoms with E-state index in [4.69, 9.17) is 16.3 Å². The number of aryl methyl sites for hydroxylation is 1. The molecule has 0 radical (unpaired) electrons. The molecule has 1 aromatic carbocycles. The predicted octanol–water partition coefficient (Wildman–Crippen LogP) is 5.45. The molecule has 1 aliphatic rings. The lowest BCUT2D eigenvalue weighted by Gasteiger charge is -2.33. The summed E-state index contributed by atoms with van der Waals surface area (Å²) >= 11 is 5.97. The molecule has 4 nitrogen and oxygen atoms in total. The van der Waals surface area contributed by atoms with E-state index < -0.39 is 5.60 Å². The Kier molecular flexibility index (Phi) is 5.52. The van der Waals surface area contributed by atoms with Crippen molar-refractivity contribution < 1.29 is 9.53 Å². The van der Waals surface area contributed by atoms with Crippen LogP contribution in [0.4, 0.5) is 4.79 Å². The number of rotatable bonds is 5. The van der Waals surface area contributed by atoms with Crippen LogP contribution >= 0.6 is 11.6 Å². The minimum absolute atomic E-state index is 0.226. The third-order valence-electron chi connectivity index (χ3n) is 5.07. The van der Waals surface area contributed by atoms with Gasteiger partial charge in [-0.15, -0.1) is 11.6 Å². The van der Waals surface area contributed by atoms with Gasteiger partial charge in [0.05, 0.1) is 6.54 Å². The van der Waals surface area contributed by atoms with Crippen molar-refractivity contribution in [3.8, 4) is 0 Å². The molecule has 3 rings (SSSR count). The number of carbonyl (C=O) groups excluding carboxylic acids is 1. The van der Waals surface area contributed by atoms with Gasteiger partial charge in [-0.3, -0.25) is 0 Å². The maximum atomic E-state index is 12.7. The second-order valence-corrected chi connectivity index (χ2v) is 8.65. The van der Waals surface area contributed by atoms with Gasteiger partial charge in [0, 0.05) is 30.7 Å². The number of ether oxygens (including phenoxy) is 1. The summed E-state index contributed by atoms with van der Waals surface area (Å²) in [7, 11) is 2.05. The molecule has 5 heteroatoms. The molecule has 1 aromatic heterocycles. The Morgan fingerprint density at radius 2 is 2.04 bits per heavy atom. The summed E-state index contributed by atoms with van der Waals surface area (Å²) in [6.07, 6.45) is 3.44. The van der Waals surface area contributed by atoms with E-state index >= 15 is 0 Å². The minimum atomic E-state index is -0.483. The molecule has 0 aliphatic heterocycles. The number of aromatic nitrogens is 1. The topological polar surface area (TPSA) is 34.5 Å². The smallest absolute Gasteiger partial charge is 0.410 e. The molecule has 0 saturated heterocycles. The lowest BCUT2D eigenvalue weighted by Crippen LogP contribution is -2.40. The third-order valence-corrected chi connectivity index (χ3v) is 5.38. The number of amides is 1. The van der Waals surface area contributed by atoms with Crippen molar-refractivity contribution in [2.45, 2.75) is 58.1 Å². The summed E-state index contributed by atoms with van der Waals surface area (Å²) in [4.78, 5) is 14.6. The maximum Gasteiger partial charge on any atom is 0.410 e. The van der Waals surface area contributed by atoms with Crippen molar-refractivity contribution >= 4 is 28.6 Å². The van der Waals surface area contributed by atoms with Crippen LogP contribution in [0.25, 0.3) is 10.9 Å². The molecule has 0 N–H and O–H groups in total. The molecule has 1 amide bonds. The summed E-state index contributed by atoms with van der Waals surface area (Å²) < 4.78 is 7.81. The van der Waals surface area contributed by atoms with Crippen LogP contribution in [0.15, 0.2) is 24.3 Å². The minimum Gasteiger partial charge on any atom is -0.444 e. The zero-order valence-electron chi connectivity index (χ0n) is 16.2. The largest absolute Gasteiger partial charge is 0.444 e. The van der Waals surface area contributed by atoms with Gasteiger partial charge in [0.2, 0.25) is 0 Å². The fourth-order valence-electron chi connectivity index (χ4n) is 3.38. The number of benzene rings is 1. The van der Waals surface area contributed by atoms with Gasteiger partial charge in [0.25, 0.3) is 0 Å². The van der Waals surface area contributed by atoms with Gasteiger partial charge in [-0.25, -0.2) is 4.79 Å². The first-order chi connectivity index (χ1) is 12.3. The predicted molar refractivity (Wildman–Crippen MR) is 106 cm³/mol. The van der Waals surface area contributed by atoms with Crippen LogP contribution in [0, 0.1) is 5.92 Å². The fourth-order valence-corrected chi connectivity index (χ4v) is 3.55. The Morgan fingerprint density at radius 1 is 1.31 bits per heavy atom. The third kappa shape index (κ3) is 4.35. The van der Waals surface area contributed by atoms with Crippen LogP contribution in [-0.2, 0) is 24.2 Å². The Morgan fingerprint density at radius 3 is 2.62 bits per heavy atom. The number of fused-ring (bicyclic) bond motifs is 1. The SMILES string of the molecule is Cn1c(CN(CC2CCC2)C(=O)OC(C)(C)C)cc2ccc(CCl)cc21. The first kappa shape index (κ1) is 19.1. The molecule has 0 unspecified atom stereocenters. The highest BCUT2D eigenvalue weighted by Gasteiger charge is 2.28. The van der Waals surface area contributed by atoms with Crippen LogP contribution in [0.2, 0.25) is 0 Å². The number of hydrogen-bond donors (Lipinski definition) is 0. The second-order valence-electron chi connectivity index (χ2n) is 8.38. The highest BCUT2D eigenvalue weighted by molar-refractivity contribution is 6.17. The Bertz CT molecular complexity index is 787. The number of halogens is 1. The Hall–Kier alpha value is -1.68. The van der Waals surface area contributed by atoms with Crippen molar-refractivity contribution in [2.24, 2.45) is 13.0 Å². The molecule has 0 spiro atoms. The molecule has 1 heterocycles. The van der Waals surface area contributed by atoms with Gasteiger partial charge in [0.15, 0.2) is 0 Å². The highest BCUT2D eigenvalue weighted by atomic mass is 35.5. The number of alkyl halides is 1. The van der Waals surface area contributed by atoms with Crippen LogP contribution in [0.5, 0.6) is 0 Å². The normalized spacial score (nSPS) is 15.1. The zero-order valence-corrected chi connectivity index (χ0v) is 17.0. The average molecular weight is 377 g/mol. The standard InChI is InChI=1S/C21H29ClN2O2/c1-21(2,3)26-20(25)24(13-15-6-5-7-15)14-18-11-17-9-8-16(12-22)10-19(17)23(18)4/h8-11,15H,5-7,12-14H2,1-4H3. The molecule has 142 valence electrons. The van der Waals surface area contributed by atoms with Crippen molar-refractivity contribution in [1.82, 2.24) is 9.47 Å². The molecule has 1 saturated carbocycles. The average Bonchev–Trinajstić information content (AvgIpc) is 2.83. The van der Waals surface area contributed by atoms with Crippen molar-refractivity contribution in [3.63, 3.8) is 0 Å². The van der Waals surface area contributed by atoms with Crippen molar-refractivity contribution in [2.75, 3.05) is 6.54 Å². The van der Waals surface area contributed by atoms with E-state index in [-0.39, 0.29) is 6.09 Å². The van der Waals surface area contributed by atoms with Gasteiger partial charge in [-0.1, -0.05) is 18.6 Å². The van der Waals surface area contributed by atoms with Crippen LogP contribution in [0.1, 0.15) is 51.3 Å². The van der Waals surface area contributed by atoms with Gasteiger partial charge in [0.1, 0.15) is 5.60 Å². The number of hydrogen-bond acceptors (Lipinski definition) is 2. The van der Waals surface area contributed by atoms with Gasteiger partial charge in [-0.2, -0.15) is 0 Å². The fraction of sp³-hybridized carbons (Fsp3) is 0.571. The zero-order chi connectivity index (χ0) is 18.9. The molecule has 1 aliphatic carbocycles. The van der Waals surface area contributed by atoms with Gasteiger partial charge >= 0.3 is 6.09 Å². The summed E-state index contributed by atoms with van der Waals surface area (Å²) in [6.45, 7) is 7.07. The molecule has 1 fully saturated rings. The van der Waals surface area contributed by atoms with Crippen LogP contribution in [0.3, 0.4) is 0 Å². The molecule has 2 aromatic rings. The summed E-state index contributed by atoms with van der Waals surface area (Å²) in [5.74, 6) is 1.10. The number of carbonyl (C=O) groups is 1. The number of nitrogens with zero attached hydrogens (tertiary/aromatic N) is 2. The summed E-state index contributed by atoms with van der Waals surface area (Å²) in [5.41, 5.74) is 2.87. The van der Waals surface area contributed by atoms with E-state index in [9.17, 15) is 4.79 Å². The molecule has 0 atom stereocenters. The lowest BCUT2D eigenvalue weighted by molar-refractivity contribution is 0.0169. The van der Waals surface area contributed by atoms with Crippen LogP contribution in [-0.4, -0.2) is 27.7 Å². The molecule has 26 heavy (non-hydrogen) atoms. The Labute approximate surface area is 161 Å². The molecular weight excluding hydrogens is 348 g/mol. The Balaban J connectivity index is 1.84. The van der Waals surface area contributed by atoms with E-state index in [1.807, 2.05) is 32.7 Å². The summed E-state index contributed by atoms with van der Waals surface area (Å²) in [5, 5.41) is 1.17. The monoisotopic (exact) mass is 376 g/mol. The lowest BCUT2D eigenvalue weighted by atomic mass is 9.85. The van der Waals surface area contributed by atoms with Crippen molar-refractivity contribution in [1.29, 1.82) is 0 Å². The molecular formula is C21H29ClN2O2. The second kappa shape index (κ2) is 7.51. The highest BCUT2D eigenvalue weighted by Crippen LogP contribution is 2.29. The molecule has 0 bridgehead atoms. The van der Waals surface area contributed by atoms with E-state index in [1.54, 1.807) is 0 Å². The van der Waals surface area contributed by atoms with E-state index in [1.165, 1.54) is 24.6 Å². The van der Waals surface area contributed by atoms with Crippen molar-refractivity contribution in [3.05, 3.63) is 35.5 Å². The maximum absolute atomic E-state index is 12.7. The van der Waals surface area contributed by atoms with E-state index in [0.29, 0.717) is 18.3 Å². The van der Waals surface area contributed by atoms with Crippen LogP contribution < -0.4 is 0 Å². The first-order valence-corrected chi connectivity index (χ1v) is 9.91. The van der Waals surface area contributed by atoms with E-state index in [0.717, 1.165) is 23.3 Å².